The zero-order valence-corrected chi connectivity index (χ0v) is 19.8. The van der Waals surface area contributed by atoms with E-state index in [2.05, 4.69) is 66.9 Å². The number of hydrogen-bond donors (Lipinski definition) is 2. The van der Waals surface area contributed by atoms with E-state index in [0.29, 0.717) is 32.2 Å². The van der Waals surface area contributed by atoms with E-state index >= 15 is 0 Å². The van der Waals surface area contributed by atoms with E-state index < -0.39 is 8.32 Å². The highest BCUT2D eigenvalue weighted by atomic mass is 127. The molecule has 1 rings (SSSR count). The van der Waals surface area contributed by atoms with Gasteiger partial charge in [0.2, 0.25) is 5.88 Å². The van der Waals surface area contributed by atoms with Crippen LogP contribution in [-0.2, 0) is 17.5 Å². The Balaban J connectivity index is 2.84. The molecule has 25 heavy (non-hydrogen) atoms. The second-order valence-corrected chi connectivity index (χ2v) is 13.7. The summed E-state index contributed by atoms with van der Waals surface area (Å²) in [5.41, 5.74) is 1.07. The fourth-order valence-electron chi connectivity index (χ4n) is 1.97. The third kappa shape index (κ3) is 6.49. The maximum absolute atomic E-state index is 9.22. The van der Waals surface area contributed by atoms with Crippen LogP contribution in [0.15, 0.2) is 0 Å². The van der Waals surface area contributed by atoms with Crippen molar-refractivity contribution in [2.75, 3.05) is 19.8 Å². The molecule has 0 bridgehead atoms. The van der Waals surface area contributed by atoms with Gasteiger partial charge in [0.05, 0.1) is 35.6 Å². The summed E-state index contributed by atoms with van der Waals surface area (Å²) in [4.78, 5) is 0. The maximum Gasteiger partial charge on any atom is 0.246 e. The molecule has 1 aromatic rings. The molecule has 0 aliphatic carbocycles. The van der Waals surface area contributed by atoms with Crippen LogP contribution in [0.3, 0.4) is 0 Å². The highest BCUT2D eigenvalue weighted by Gasteiger charge is 2.37. The van der Waals surface area contributed by atoms with Crippen molar-refractivity contribution < 1.29 is 14.3 Å². The molecule has 0 amide bonds. The number of aliphatic hydroxyl groups is 1. The first kappa shape index (κ1) is 22.9. The van der Waals surface area contributed by atoms with Gasteiger partial charge in [-0.3, -0.25) is 4.68 Å². The Morgan fingerprint density at radius 2 is 2.00 bits per heavy atom. The first-order valence-electron chi connectivity index (χ1n) is 8.89. The lowest BCUT2D eigenvalue weighted by atomic mass is 10.2. The molecule has 0 aromatic carbocycles. The van der Waals surface area contributed by atoms with Crippen molar-refractivity contribution in [3.05, 3.63) is 9.26 Å². The average molecular weight is 483 g/mol. The Labute approximate surface area is 166 Å². The summed E-state index contributed by atoms with van der Waals surface area (Å²) in [5.74, 6) is 0.670. The van der Waals surface area contributed by atoms with Crippen LogP contribution in [0.4, 0.5) is 0 Å². The van der Waals surface area contributed by atoms with Crippen molar-refractivity contribution in [2.45, 2.75) is 71.9 Å². The van der Waals surface area contributed by atoms with Gasteiger partial charge in [0.25, 0.3) is 0 Å². The van der Waals surface area contributed by atoms with Crippen LogP contribution in [0, 0.1) is 3.57 Å². The van der Waals surface area contributed by atoms with E-state index in [9.17, 15) is 5.11 Å². The topological polar surface area (TPSA) is 68.5 Å². The Morgan fingerprint density at radius 1 is 1.36 bits per heavy atom. The number of rotatable bonds is 10. The van der Waals surface area contributed by atoms with E-state index in [4.69, 9.17) is 9.16 Å². The Hall–Kier alpha value is -0.163. The summed E-state index contributed by atoms with van der Waals surface area (Å²) in [5, 5.41) is 17.3. The Bertz CT molecular complexity index is 544. The predicted octanol–water partition coefficient (Wildman–Crippen LogP) is 3.38. The molecule has 0 radical (unpaired) electrons. The third-order valence-corrected chi connectivity index (χ3v) is 10.3. The van der Waals surface area contributed by atoms with Gasteiger partial charge >= 0.3 is 0 Å². The monoisotopic (exact) mass is 483 g/mol. The molecule has 1 heterocycles. The molecule has 0 saturated heterocycles. The number of nitrogens with one attached hydrogen (secondary N) is 1. The summed E-state index contributed by atoms with van der Waals surface area (Å²) in [6.07, 6.45) is 0. The summed E-state index contributed by atoms with van der Waals surface area (Å²) in [6.45, 7) is 17.8. The number of halogens is 1. The molecule has 2 N–H and O–H groups in total. The number of nitrogens with zero attached hydrogens (tertiary/aromatic N) is 2. The predicted molar refractivity (Wildman–Crippen MR) is 113 cm³/mol. The van der Waals surface area contributed by atoms with Crippen LogP contribution in [0.1, 0.15) is 40.3 Å². The second-order valence-electron chi connectivity index (χ2n) is 7.80. The molecule has 8 heteroatoms. The van der Waals surface area contributed by atoms with Gasteiger partial charge in [-0.15, -0.1) is 5.10 Å². The Morgan fingerprint density at radius 3 is 2.52 bits per heavy atom. The van der Waals surface area contributed by atoms with Crippen molar-refractivity contribution in [1.82, 2.24) is 15.1 Å². The first-order chi connectivity index (χ1) is 11.5. The molecular weight excluding hydrogens is 449 g/mol. The summed E-state index contributed by atoms with van der Waals surface area (Å²) in [7, 11) is -1.76. The van der Waals surface area contributed by atoms with Gasteiger partial charge in [-0.2, -0.15) is 0 Å². The highest BCUT2D eigenvalue weighted by Crippen LogP contribution is 2.36. The molecule has 0 fully saturated rings. The summed E-state index contributed by atoms with van der Waals surface area (Å²) < 4.78 is 14.9. The molecular formula is C17H34IN3O3Si. The molecule has 0 aliphatic heterocycles. The van der Waals surface area contributed by atoms with Crippen molar-refractivity contribution >= 4 is 30.9 Å². The zero-order valence-electron chi connectivity index (χ0n) is 16.6. The lowest BCUT2D eigenvalue weighted by Crippen LogP contribution is -2.41. The summed E-state index contributed by atoms with van der Waals surface area (Å²) in [6, 6.07) is 0.0400. The molecule has 0 spiro atoms. The largest absolute Gasteiger partial charge is 0.476 e. The standard InChI is InChI=1S/C17H34IN3O3Si/c1-8-23-16-15(18)14(11-19-13(2)12-22)21(20-16)9-10-24-25(6,7)17(3,4)5/h13,19,22H,8-12H2,1-7H3/t13-/m0/s1. The van der Waals surface area contributed by atoms with E-state index in [1.54, 1.807) is 0 Å². The first-order valence-corrected chi connectivity index (χ1v) is 12.9. The van der Waals surface area contributed by atoms with Gasteiger partial charge in [0, 0.05) is 12.6 Å². The molecule has 0 unspecified atom stereocenters. The van der Waals surface area contributed by atoms with E-state index in [0.717, 1.165) is 9.26 Å². The molecule has 6 nitrogen and oxygen atoms in total. The van der Waals surface area contributed by atoms with Crippen LogP contribution in [0.25, 0.3) is 0 Å². The smallest absolute Gasteiger partial charge is 0.246 e. The van der Waals surface area contributed by atoms with Gasteiger partial charge in [-0.25, -0.2) is 0 Å². The summed E-state index contributed by atoms with van der Waals surface area (Å²) >= 11 is 2.28. The Kier molecular flexibility index (Phi) is 8.86. The normalized spacial score (nSPS) is 14.0. The molecule has 0 saturated carbocycles. The van der Waals surface area contributed by atoms with E-state index in [-0.39, 0.29) is 17.7 Å². The van der Waals surface area contributed by atoms with Crippen LogP contribution in [0.5, 0.6) is 5.88 Å². The van der Waals surface area contributed by atoms with Crippen LogP contribution in [0.2, 0.25) is 18.1 Å². The minimum absolute atomic E-state index is 0.0400. The van der Waals surface area contributed by atoms with E-state index in [1.807, 2.05) is 18.5 Å². The van der Waals surface area contributed by atoms with Crippen molar-refractivity contribution in [3.63, 3.8) is 0 Å². The van der Waals surface area contributed by atoms with E-state index in [1.165, 1.54) is 0 Å². The molecule has 0 aliphatic rings. The minimum Gasteiger partial charge on any atom is -0.476 e. The lowest BCUT2D eigenvalue weighted by molar-refractivity contribution is 0.246. The van der Waals surface area contributed by atoms with Crippen molar-refractivity contribution in [2.24, 2.45) is 0 Å². The fourth-order valence-corrected chi connectivity index (χ4v) is 3.74. The SMILES string of the molecule is CCOc1nn(CCO[Si](C)(C)C(C)(C)C)c(CN[C@@H](C)CO)c1I. The van der Waals surface area contributed by atoms with Crippen LogP contribution < -0.4 is 10.1 Å². The average Bonchev–Trinajstić information content (AvgIpc) is 2.80. The van der Waals surface area contributed by atoms with Crippen LogP contribution >= 0.6 is 22.6 Å². The van der Waals surface area contributed by atoms with Crippen molar-refractivity contribution in [1.29, 1.82) is 0 Å². The van der Waals surface area contributed by atoms with Gasteiger partial charge in [-0.1, -0.05) is 20.8 Å². The van der Waals surface area contributed by atoms with Gasteiger partial charge in [0.15, 0.2) is 8.32 Å². The fraction of sp³-hybridized carbons (Fsp3) is 0.824. The number of hydrogen-bond acceptors (Lipinski definition) is 5. The van der Waals surface area contributed by atoms with Gasteiger partial charge < -0.3 is 19.6 Å². The maximum atomic E-state index is 9.22. The van der Waals surface area contributed by atoms with Gasteiger partial charge in [-0.05, 0) is 54.6 Å². The molecule has 1 atom stereocenters. The lowest BCUT2D eigenvalue weighted by Gasteiger charge is -2.36. The quantitative estimate of drug-likeness (QED) is 0.395. The third-order valence-electron chi connectivity index (χ3n) is 4.71. The number of aromatic nitrogens is 2. The second kappa shape index (κ2) is 9.68. The number of ether oxygens (including phenoxy) is 1. The highest BCUT2D eigenvalue weighted by molar-refractivity contribution is 14.1. The number of aliphatic hydroxyl groups excluding tert-OH is 1. The minimum atomic E-state index is -1.76. The molecule has 146 valence electrons. The van der Waals surface area contributed by atoms with Crippen LogP contribution in [-0.4, -0.2) is 49.1 Å². The van der Waals surface area contributed by atoms with Crippen molar-refractivity contribution in [3.8, 4) is 5.88 Å². The van der Waals surface area contributed by atoms with Gasteiger partial charge in [0.1, 0.15) is 0 Å². The zero-order chi connectivity index (χ0) is 19.3. The molecule has 1 aromatic heterocycles.